The molecule has 6 aromatic rings. The highest BCUT2D eigenvalue weighted by Gasteiger charge is 2.15. The SMILES string of the molecule is Clc1ccc2c(c1)c1ccccc1c1c2ncc2sc3ccccc3c21. The predicted molar refractivity (Wildman–Crippen MR) is 115 cm³/mol. The average Bonchev–Trinajstić information content (AvgIpc) is 3.06. The lowest BCUT2D eigenvalue weighted by atomic mass is 9.95. The van der Waals surface area contributed by atoms with Crippen LogP contribution in [0.3, 0.4) is 0 Å². The molecule has 0 aliphatic rings. The van der Waals surface area contributed by atoms with E-state index < -0.39 is 0 Å². The number of aromatic nitrogens is 1. The average molecular weight is 370 g/mol. The summed E-state index contributed by atoms with van der Waals surface area (Å²) in [6.45, 7) is 0. The van der Waals surface area contributed by atoms with Crippen molar-refractivity contribution in [3.63, 3.8) is 0 Å². The van der Waals surface area contributed by atoms with Crippen LogP contribution in [0.25, 0.3) is 52.6 Å². The number of rotatable bonds is 0. The molecule has 0 aliphatic carbocycles. The molecule has 2 heterocycles. The van der Waals surface area contributed by atoms with Crippen molar-refractivity contribution in [3.05, 3.63) is 77.9 Å². The Morgan fingerprint density at radius 2 is 1.42 bits per heavy atom. The fourth-order valence-corrected chi connectivity index (χ4v) is 5.32. The van der Waals surface area contributed by atoms with Gasteiger partial charge in [0.1, 0.15) is 0 Å². The lowest BCUT2D eigenvalue weighted by molar-refractivity contribution is 1.48. The van der Waals surface area contributed by atoms with Crippen molar-refractivity contribution in [1.82, 2.24) is 4.98 Å². The number of thiophene rings is 1. The van der Waals surface area contributed by atoms with Crippen LogP contribution in [0.1, 0.15) is 0 Å². The first kappa shape index (κ1) is 14.5. The Balaban J connectivity index is 2.03. The summed E-state index contributed by atoms with van der Waals surface area (Å²) in [5.41, 5.74) is 1.05. The van der Waals surface area contributed by atoms with Gasteiger partial charge in [-0.3, -0.25) is 4.98 Å². The number of fused-ring (bicyclic) bond motifs is 10. The summed E-state index contributed by atoms with van der Waals surface area (Å²) in [6.07, 6.45) is 2.02. The Labute approximate surface area is 158 Å². The van der Waals surface area contributed by atoms with Crippen LogP contribution in [0, 0.1) is 0 Å². The maximum atomic E-state index is 6.31. The quantitative estimate of drug-likeness (QED) is 0.252. The number of hydrogen-bond acceptors (Lipinski definition) is 2. The zero-order valence-corrected chi connectivity index (χ0v) is 15.2. The van der Waals surface area contributed by atoms with Gasteiger partial charge in [0.25, 0.3) is 0 Å². The Kier molecular flexibility index (Phi) is 2.88. The van der Waals surface area contributed by atoms with Gasteiger partial charge in [0, 0.05) is 37.5 Å². The van der Waals surface area contributed by atoms with Gasteiger partial charge in [-0.15, -0.1) is 11.3 Å². The molecule has 3 heteroatoms. The van der Waals surface area contributed by atoms with Gasteiger partial charge in [0.2, 0.25) is 0 Å². The molecule has 2 aromatic heterocycles. The lowest BCUT2D eigenvalue weighted by Crippen LogP contribution is -1.86. The topological polar surface area (TPSA) is 12.9 Å². The van der Waals surface area contributed by atoms with Crippen LogP contribution in [-0.2, 0) is 0 Å². The van der Waals surface area contributed by atoms with E-state index in [1.165, 1.54) is 36.3 Å². The van der Waals surface area contributed by atoms with E-state index in [1.54, 1.807) is 0 Å². The molecule has 0 atom stereocenters. The standard InChI is InChI=1S/C23H12ClNS/c24-13-9-10-16-18(11-13)14-5-1-2-6-15(14)22-21-17-7-3-4-8-19(17)26-20(21)12-25-23(16)22/h1-12H. The minimum atomic E-state index is 0.754. The molecule has 122 valence electrons. The van der Waals surface area contributed by atoms with Crippen LogP contribution in [0.5, 0.6) is 0 Å². The lowest BCUT2D eigenvalue weighted by Gasteiger charge is -2.11. The van der Waals surface area contributed by atoms with Crippen LogP contribution in [0.4, 0.5) is 0 Å². The third-order valence-electron chi connectivity index (χ3n) is 5.14. The minimum absolute atomic E-state index is 0.754. The predicted octanol–water partition coefficient (Wildman–Crippen LogP) is 7.56. The van der Waals surface area contributed by atoms with E-state index >= 15 is 0 Å². The molecule has 0 unspecified atom stereocenters. The van der Waals surface area contributed by atoms with Crippen LogP contribution in [-0.4, -0.2) is 4.98 Å². The molecule has 4 aromatic carbocycles. The van der Waals surface area contributed by atoms with Crippen molar-refractivity contribution in [2.75, 3.05) is 0 Å². The maximum Gasteiger partial charge on any atom is 0.0794 e. The van der Waals surface area contributed by atoms with Crippen molar-refractivity contribution in [3.8, 4) is 0 Å². The number of pyridine rings is 1. The summed E-state index contributed by atoms with van der Waals surface area (Å²) in [5.74, 6) is 0. The third-order valence-corrected chi connectivity index (χ3v) is 6.48. The highest BCUT2D eigenvalue weighted by molar-refractivity contribution is 7.26. The van der Waals surface area contributed by atoms with E-state index in [9.17, 15) is 0 Å². The van der Waals surface area contributed by atoms with Gasteiger partial charge in [-0.25, -0.2) is 0 Å². The van der Waals surface area contributed by atoms with E-state index in [0.29, 0.717) is 0 Å². The molecule has 0 saturated heterocycles. The summed E-state index contributed by atoms with van der Waals surface area (Å²) in [4.78, 5) is 4.88. The molecule has 0 saturated carbocycles. The van der Waals surface area contributed by atoms with Gasteiger partial charge >= 0.3 is 0 Å². The first-order chi connectivity index (χ1) is 12.8. The Morgan fingerprint density at radius 3 is 2.31 bits per heavy atom. The monoisotopic (exact) mass is 369 g/mol. The second-order valence-electron chi connectivity index (χ2n) is 6.55. The van der Waals surface area contributed by atoms with E-state index in [4.69, 9.17) is 16.6 Å². The molecule has 0 amide bonds. The van der Waals surface area contributed by atoms with Crippen LogP contribution in [0.15, 0.2) is 72.9 Å². The second-order valence-corrected chi connectivity index (χ2v) is 8.07. The normalized spacial score (nSPS) is 12.0. The summed E-state index contributed by atoms with van der Waals surface area (Å²) >= 11 is 8.12. The Bertz CT molecular complexity index is 1480. The molecule has 1 nitrogen and oxygen atoms in total. The van der Waals surface area contributed by atoms with Gasteiger partial charge in [-0.2, -0.15) is 0 Å². The van der Waals surface area contributed by atoms with Gasteiger partial charge in [0.15, 0.2) is 0 Å². The zero-order chi connectivity index (χ0) is 17.3. The fourth-order valence-electron chi connectivity index (χ4n) is 4.07. The van der Waals surface area contributed by atoms with Gasteiger partial charge in [0.05, 0.1) is 10.2 Å². The summed E-state index contributed by atoms with van der Waals surface area (Å²) in [5, 5.41) is 9.38. The van der Waals surface area contributed by atoms with Crippen molar-refractivity contribution >= 4 is 75.6 Å². The first-order valence-electron chi connectivity index (χ1n) is 8.51. The van der Waals surface area contributed by atoms with E-state index in [2.05, 4.69) is 60.7 Å². The van der Waals surface area contributed by atoms with Crippen LogP contribution < -0.4 is 0 Å². The van der Waals surface area contributed by atoms with E-state index in [-0.39, 0.29) is 0 Å². The molecular weight excluding hydrogens is 358 g/mol. The molecule has 0 fully saturated rings. The molecule has 0 spiro atoms. The van der Waals surface area contributed by atoms with E-state index in [0.717, 1.165) is 21.3 Å². The molecular formula is C23H12ClNS. The smallest absolute Gasteiger partial charge is 0.0794 e. The Hall–Kier alpha value is -2.68. The van der Waals surface area contributed by atoms with Crippen molar-refractivity contribution in [2.24, 2.45) is 0 Å². The Morgan fingerprint density at radius 1 is 0.654 bits per heavy atom. The van der Waals surface area contributed by atoms with Crippen molar-refractivity contribution in [2.45, 2.75) is 0 Å². The largest absolute Gasteiger partial charge is 0.254 e. The maximum absolute atomic E-state index is 6.31. The summed E-state index contributed by atoms with van der Waals surface area (Å²) in [7, 11) is 0. The van der Waals surface area contributed by atoms with Gasteiger partial charge < -0.3 is 0 Å². The van der Waals surface area contributed by atoms with Crippen LogP contribution in [0.2, 0.25) is 5.02 Å². The second kappa shape index (κ2) is 5.16. The highest BCUT2D eigenvalue weighted by atomic mass is 35.5. The number of halogens is 1. The van der Waals surface area contributed by atoms with Gasteiger partial charge in [-0.1, -0.05) is 60.1 Å². The van der Waals surface area contributed by atoms with E-state index in [1.807, 2.05) is 23.6 Å². The first-order valence-corrected chi connectivity index (χ1v) is 9.70. The third kappa shape index (κ3) is 1.83. The summed E-state index contributed by atoms with van der Waals surface area (Å²) in [6, 6.07) is 23.3. The summed E-state index contributed by atoms with van der Waals surface area (Å²) < 4.78 is 2.54. The number of nitrogens with zero attached hydrogens (tertiary/aromatic N) is 1. The molecule has 6 rings (SSSR count). The fraction of sp³-hybridized carbons (Fsp3) is 0. The van der Waals surface area contributed by atoms with Gasteiger partial charge in [-0.05, 0) is 34.4 Å². The highest BCUT2D eigenvalue weighted by Crippen LogP contribution is 2.43. The molecule has 26 heavy (non-hydrogen) atoms. The molecule has 0 bridgehead atoms. The molecule has 0 aliphatic heterocycles. The molecule has 0 N–H and O–H groups in total. The van der Waals surface area contributed by atoms with Crippen molar-refractivity contribution in [1.29, 1.82) is 0 Å². The van der Waals surface area contributed by atoms with Crippen molar-refractivity contribution < 1.29 is 0 Å². The number of benzene rings is 4. The zero-order valence-electron chi connectivity index (χ0n) is 13.7. The molecule has 0 radical (unpaired) electrons. The number of hydrogen-bond donors (Lipinski definition) is 0. The van der Waals surface area contributed by atoms with Crippen LogP contribution >= 0.6 is 22.9 Å². The minimum Gasteiger partial charge on any atom is -0.254 e.